The van der Waals surface area contributed by atoms with Gasteiger partial charge in [0, 0.05) is 19.6 Å². The number of likely N-dealkylation sites (tertiary alicyclic amines) is 1. The lowest BCUT2D eigenvalue weighted by molar-refractivity contribution is -0.138. The van der Waals surface area contributed by atoms with Gasteiger partial charge in [0.1, 0.15) is 5.75 Å². The van der Waals surface area contributed by atoms with E-state index in [2.05, 4.69) is 29.5 Å². The third-order valence-electron chi connectivity index (χ3n) is 6.82. The van der Waals surface area contributed by atoms with Crippen molar-refractivity contribution < 1.29 is 14.3 Å². The molecule has 0 bridgehead atoms. The van der Waals surface area contributed by atoms with Crippen LogP contribution in [0.25, 0.3) is 0 Å². The lowest BCUT2D eigenvalue weighted by Crippen LogP contribution is -2.52. The van der Waals surface area contributed by atoms with Crippen molar-refractivity contribution in [2.75, 3.05) is 26.2 Å². The smallest absolute Gasteiger partial charge is 0.273 e. The van der Waals surface area contributed by atoms with E-state index in [1.165, 1.54) is 0 Å². The van der Waals surface area contributed by atoms with E-state index in [-0.39, 0.29) is 29.9 Å². The standard InChI is InChI=1S/C24H33N5O3/c1-17(2)14-25-23(31)20-15-29(27-26-20)21-7-8-24(21)9-11-28(12-10-24)22(30)16-32-19-6-4-5-18(3)13-19/h4-6,13,15,17,21H,7-12,14,16H2,1-3H3,(H,25,31). The van der Waals surface area contributed by atoms with Crippen molar-refractivity contribution in [1.82, 2.24) is 25.2 Å². The van der Waals surface area contributed by atoms with Gasteiger partial charge < -0.3 is 15.0 Å². The molecule has 4 rings (SSSR count). The fraction of sp³-hybridized carbons (Fsp3) is 0.583. The number of amides is 2. The molecule has 2 aromatic rings. The van der Waals surface area contributed by atoms with E-state index in [1.54, 1.807) is 6.20 Å². The van der Waals surface area contributed by atoms with E-state index in [0.717, 1.165) is 50.1 Å². The van der Waals surface area contributed by atoms with Crippen LogP contribution in [-0.4, -0.2) is 57.9 Å². The summed E-state index contributed by atoms with van der Waals surface area (Å²) in [5, 5.41) is 11.3. The lowest BCUT2D eigenvalue weighted by atomic mass is 9.59. The van der Waals surface area contributed by atoms with Crippen LogP contribution in [0.4, 0.5) is 0 Å². The minimum atomic E-state index is -0.174. The zero-order valence-electron chi connectivity index (χ0n) is 19.2. The molecule has 1 unspecified atom stereocenters. The first-order chi connectivity index (χ1) is 15.4. The van der Waals surface area contributed by atoms with Gasteiger partial charge in [-0.25, -0.2) is 4.68 Å². The number of benzene rings is 1. The van der Waals surface area contributed by atoms with E-state index < -0.39 is 0 Å². The summed E-state index contributed by atoms with van der Waals surface area (Å²) in [5.74, 6) is 0.971. The largest absolute Gasteiger partial charge is 0.484 e. The minimum Gasteiger partial charge on any atom is -0.484 e. The molecule has 2 heterocycles. The second kappa shape index (κ2) is 9.30. The number of rotatable bonds is 7. The second-order valence-electron chi connectivity index (χ2n) is 9.59. The second-order valence-corrected chi connectivity index (χ2v) is 9.59. The Morgan fingerprint density at radius 1 is 1.25 bits per heavy atom. The van der Waals surface area contributed by atoms with Crippen LogP contribution < -0.4 is 10.1 Å². The zero-order chi connectivity index (χ0) is 22.7. The molecule has 32 heavy (non-hydrogen) atoms. The van der Waals surface area contributed by atoms with Gasteiger partial charge in [-0.15, -0.1) is 5.10 Å². The number of piperidine rings is 1. The van der Waals surface area contributed by atoms with Crippen molar-refractivity contribution in [2.45, 2.75) is 52.5 Å². The van der Waals surface area contributed by atoms with Crippen molar-refractivity contribution in [3.8, 4) is 5.75 Å². The van der Waals surface area contributed by atoms with Gasteiger partial charge in [0.05, 0.1) is 12.2 Å². The first-order valence-electron chi connectivity index (χ1n) is 11.5. The van der Waals surface area contributed by atoms with Gasteiger partial charge in [-0.1, -0.05) is 31.2 Å². The van der Waals surface area contributed by atoms with Crippen LogP contribution in [0.3, 0.4) is 0 Å². The number of aromatic nitrogens is 3. The molecule has 1 saturated carbocycles. The van der Waals surface area contributed by atoms with Crippen molar-refractivity contribution in [3.05, 3.63) is 41.7 Å². The molecule has 1 aromatic carbocycles. The Labute approximate surface area is 189 Å². The number of aryl methyl sites for hydroxylation is 1. The Kier molecular flexibility index (Phi) is 6.48. The first kappa shape index (κ1) is 22.3. The normalized spacial score (nSPS) is 19.6. The summed E-state index contributed by atoms with van der Waals surface area (Å²) in [4.78, 5) is 26.8. The van der Waals surface area contributed by atoms with Gasteiger partial charge in [-0.2, -0.15) is 0 Å². The highest BCUT2D eigenvalue weighted by molar-refractivity contribution is 5.91. The van der Waals surface area contributed by atoms with E-state index >= 15 is 0 Å². The number of nitrogens with zero attached hydrogens (tertiary/aromatic N) is 4. The molecule has 1 atom stereocenters. The third-order valence-corrected chi connectivity index (χ3v) is 6.82. The molecule has 172 valence electrons. The third kappa shape index (κ3) is 4.79. The number of carbonyl (C=O) groups is 2. The van der Waals surface area contributed by atoms with Crippen molar-refractivity contribution in [1.29, 1.82) is 0 Å². The Balaban J connectivity index is 1.29. The Morgan fingerprint density at radius 2 is 2.03 bits per heavy atom. The number of nitrogens with one attached hydrogen (secondary N) is 1. The summed E-state index contributed by atoms with van der Waals surface area (Å²) in [5.41, 5.74) is 1.61. The van der Waals surface area contributed by atoms with Crippen LogP contribution in [0.15, 0.2) is 30.5 Å². The lowest BCUT2D eigenvalue weighted by Gasteiger charge is -2.53. The molecule has 2 fully saturated rings. The molecule has 1 spiro atoms. The maximum Gasteiger partial charge on any atom is 0.273 e. The molecule has 8 nitrogen and oxygen atoms in total. The summed E-state index contributed by atoms with van der Waals surface area (Å²) >= 11 is 0. The molecular formula is C24H33N5O3. The van der Waals surface area contributed by atoms with E-state index in [1.807, 2.05) is 40.8 Å². The maximum absolute atomic E-state index is 12.6. The quantitative estimate of drug-likeness (QED) is 0.716. The van der Waals surface area contributed by atoms with Gasteiger partial charge in [-0.3, -0.25) is 9.59 Å². The van der Waals surface area contributed by atoms with E-state index in [0.29, 0.717) is 18.2 Å². The van der Waals surface area contributed by atoms with Crippen LogP contribution in [0.1, 0.15) is 61.6 Å². The van der Waals surface area contributed by atoms with E-state index in [9.17, 15) is 9.59 Å². The van der Waals surface area contributed by atoms with Crippen molar-refractivity contribution in [2.24, 2.45) is 11.3 Å². The molecular weight excluding hydrogens is 406 g/mol. The zero-order valence-corrected chi connectivity index (χ0v) is 19.2. The van der Waals surface area contributed by atoms with Gasteiger partial charge >= 0.3 is 0 Å². The van der Waals surface area contributed by atoms with Gasteiger partial charge in [-0.05, 0) is 61.6 Å². The highest BCUT2D eigenvalue weighted by Gasteiger charge is 2.50. The fourth-order valence-corrected chi connectivity index (χ4v) is 4.74. The molecule has 2 amide bonds. The predicted molar refractivity (Wildman–Crippen MR) is 120 cm³/mol. The molecule has 1 N–H and O–H groups in total. The Morgan fingerprint density at radius 3 is 2.69 bits per heavy atom. The van der Waals surface area contributed by atoms with Crippen LogP contribution >= 0.6 is 0 Å². The van der Waals surface area contributed by atoms with Crippen LogP contribution in [-0.2, 0) is 4.79 Å². The van der Waals surface area contributed by atoms with Gasteiger partial charge in [0.25, 0.3) is 11.8 Å². The summed E-state index contributed by atoms with van der Waals surface area (Å²) in [6, 6.07) is 7.99. The molecule has 1 aliphatic heterocycles. The summed E-state index contributed by atoms with van der Waals surface area (Å²) in [6.07, 6.45) is 5.79. The number of hydrogen-bond acceptors (Lipinski definition) is 5. The molecule has 2 aliphatic rings. The molecule has 1 saturated heterocycles. The highest BCUT2D eigenvalue weighted by atomic mass is 16.5. The molecule has 1 aliphatic carbocycles. The number of ether oxygens (including phenoxy) is 1. The van der Waals surface area contributed by atoms with Crippen molar-refractivity contribution in [3.63, 3.8) is 0 Å². The molecule has 8 heteroatoms. The summed E-state index contributed by atoms with van der Waals surface area (Å²) in [7, 11) is 0. The number of carbonyl (C=O) groups excluding carboxylic acids is 2. The SMILES string of the molecule is Cc1cccc(OCC(=O)N2CCC3(CCC3n3cc(C(=O)NCC(C)C)nn3)CC2)c1. The van der Waals surface area contributed by atoms with Gasteiger partial charge in [0.15, 0.2) is 12.3 Å². The minimum absolute atomic E-state index is 0.0297. The van der Waals surface area contributed by atoms with Crippen LogP contribution in [0, 0.1) is 18.3 Å². The monoisotopic (exact) mass is 439 g/mol. The molecule has 0 radical (unpaired) electrons. The Hall–Kier alpha value is -2.90. The topological polar surface area (TPSA) is 89.4 Å². The average molecular weight is 440 g/mol. The number of hydrogen-bond donors (Lipinski definition) is 1. The van der Waals surface area contributed by atoms with Crippen molar-refractivity contribution >= 4 is 11.8 Å². The molecule has 1 aromatic heterocycles. The Bertz CT molecular complexity index is 962. The summed E-state index contributed by atoms with van der Waals surface area (Å²) in [6.45, 7) is 8.26. The average Bonchev–Trinajstić information content (AvgIpc) is 3.24. The van der Waals surface area contributed by atoms with Gasteiger partial charge in [0.2, 0.25) is 0 Å². The van der Waals surface area contributed by atoms with E-state index in [4.69, 9.17) is 4.74 Å². The van der Waals surface area contributed by atoms with Crippen LogP contribution in [0.5, 0.6) is 5.75 Å². The van der Waals surface area contributed by atoms with Crippen LogP contribution in [0.2, 0.25) is 0 Å². The summed E-state index contributed by atoms with van der Waals surface area (Å²) < 4.78 is 7.56. The maximum atomic E-state index is 12.6. The predicted octanol–water partition coefficient (Wildman–Crippen LogP) is 3.00. The fourth-order valence-electron chi connectivity index (χ4n) is 4.74. The highest BCUT2D eigenvalue weighted by Crippen LogP contribution is 2.56. The first-order valence-corrected chi connectivity index (χ1v) is 11.5.